The molecule has 1 aliphatic heterocycles. The number of aromatic nitrogens is 3. The van der Waals surface area contributed by atoms with E-state index in [0.717, 1.165) is 89.7 Å². The number of para-hydroxylation sites is 2. The molecule has 0 radical (unpaired) electrons. The number of allylic oxidation sites excluding steroid dienone is 1. The van der Waals surface area contributed by atoms with Crippen LogP contribution in [-0.4, -0.2) is 20.2 Å². The van der Waals surface area contributed by atoms with Crippen molar-refractivity contribution in [3.63, 3.8) is 0 Å². The monoisotopic (exact) mass is 869 g/mol. The lowest BCUT2D eigenvalue weighted by atomic mass is 9.87. The lowest BCUT2D eigenvalue weighted by molar-refractivity contribution is 1.16. The van der Waals surface area contributed by atoms with Crippen LogP contribution in [0.5, 0.6) is 0 Å². The molecule has 12 rings (SSSR count). The summed E-state index contributed by atoms with van der Waals surface area (Å²) in [5.74, 6) is 0.659. The summed E-state index contributed by atoms with van der Waals surface area (Å²) >= 11 is 0. The molecule has 1 aliphatic rings. The molecule has 0 amide bonds. The average Bonchev–Trinajstić information content (AvgIpc) is 3.76. The van der Waals surface area contributed by atoms with Gasteiger partial charge in [0.15, 0.2) is 5.82 Å². The van der Waals surface area contributed by atoms with Gasteiger partial charge in [0.25, 0.3) is 0 Å². The summed E-state index contributed by atoms with van der Waals surface area (Å²) in [6.07, 6.45) is 2.22. The summed E-state index contributed by atoms with van der Waals surface area (Å²) in [6, 6.07) is 84.2. The molecule has 0 saturated heterocycles. The molecule has 5 heteroatoms. The van der Waals surface area contributed by atoms with Crippen molar-refractivity contribution in [2.24, 2.45) is 0 Å². The number of benzene rings is 9. The van der Waals surface area contributed by atoms with Crippen molar-refractivity contribution in [1.82, 2.24) is 19.9 Å². The number of rotatable bonds is 9. The van der Waals surface area contributed by atoms with E-state index in [1.807, 2.05) is 60.7 Å². The van der Waals surface area contributed by atoms with Gasteiger partial charge >= 0.3 is 0 Å². The van der Waals surface area contributed by atoms with Gasteiger partial charge in [-0.3, -0.25) is 5.41 Å². The summed E-state index contributed by atoms with van der Waals surface area (Å²) in [7, 11) is 0. The van der Waals surface area contributed by atoms with Crippen molar-refractivity contribution in [3.05, 3.63) is 270 Å². The smallest absolute Gasteiger partial charge is 0.160 e. The Balaban J connectivity index is 0.945. The lowest BCUT2D eigenvalue weighted by Gasteiger charge is -2.26. The van der Waals surface area contributed by atoms with Crippen LogP contribution in [-0.2, 0) is 0 Å². The Hall–Kier alpha value is -9.19. The van der Waals surface area contributed by atoms with Gasteiger partial charge in [0, 0.05) is 55.5 Å². The van der Waals surface area contributed by atoms with Crippen LogP contribution >= 0.6 is 0 Å². The fourth-order valence-electron chi connectivity index (χ4n) is 9.52. The summed E-state index contributed by atoms with van der Waals surface area (Å²) < 4.78 is 2.34. The molecule has 0 spiro atoms. The van der Waals surface area contributed by atoms with Gasteiger partial charge in [0.2, 0.25) is 0 Å². The minimum absolute atomic E-state index is 0.455. The van der Waals surface area contributed by atoms with Crippen molar-refractivity contribution in [2.45, 2.75) is 0 Å². The average molecular weight is 870 g/mol. The Bertz CT molecular complexity index is 3690. The molecule has 2 N–H and O–H groups in total. The molecule has 3 heterocycles. The van der Waals surface area contributed by atoms with Crippen LogP contribution < -0.4 is 5.32 Å². The topological polar surface area (TPSA) is 66.6 Å². The van der Waals surface area contributed by atoms with Gasteiger partial charge in [-0.05, 0) is 70.3 Å². The maximum Gasteiger partial charge on any atom is 0.160 e. The molecule has 5 nitrogen and oxygen atoms in total. The number of hydrogen-bond donors (Lipinski definition) is 2. The van der Waals surface area contributed by atoms with Crippen LogP contribution in [0.2, 0.25) is 0 Å². The Kier molecular flexibility index (Phi) is 10.3. The molecule has 0 atom stereocenters. The number of nitrogens with zero attached hydrogens (tertiary/aromatic N) is 3. The lowest BCUT2D eigenvalue weighted by Crippen LogP contribution is -2.20. The van der Waals surface area contributed by atoms with Crippen molar-refractivity contribution in [2.75, 3.05) is 0 Å². The SMILES string of the molecule is N=C(/C(=C1\NC(c2ccccc2)=Cc2cc(-c3ccc(-c4nc(-c5ccccc5)cc(-c5cccc(-n6c7ccccc7c7ccccc76)c5)n4)cc3)ccc21)c1ccccc1)c1ccccc1. The number of hydrogen-bond acceptors (Lipinski definition) is 4. The minimum atomic E-state index is 0.455. The molecule has 0 aliphatic carbocycles. The largest absolute Gasteiger partial charge is 0.354 e. The van der Waals surface area contributed by atoms with E-state index in [4.69, 9.17) is 9.97 Å². The highest BCUT2D eigenvalue weighted by atomic mass is 15.0. The Morgan fingerprint density at radius 3 is 1.60 bits per heavy atom. The summed E-state index contributed by atoms with van der Waals surface area (Å²) in [6.45, 7) is 0. The maximum absolute atomic E-state index is 9.63. The third kappa shape index (κ3) is 7.48. The first-order valence-electron chi connectivity index (χ1n) is 22.9. The van der Waals surface area contributed by atoms with Crippen molar-refractivity contribution in [3.8, 4) is 50.7 Å². The molecule has 9 aromatic carbocycles. The van der Waals surface area contributed by atoms with Gasteiger partial charge in [0.05, 0.1) is 33.8 Å². The standard InChI is InChI=1S/C63H43N5/c64-61(46-24-11-4-12-25-46)60(45-22-9-3-10-23-45)62-52-37-36-48(38-50(52)40-55(65-62)43-18-5-1-6-19-43)42-32-34-47(35-33-42)63-66-56(44-20-7-2-8-21-44)41-57(67-63)49-26-17-27-51(39-49)68-58-30-15-13-28-53(58)54-29-14-16-31-59(54)68/h1-41,64-65H/b62-60-,64-61?. The Morgan fingerprint density at radius 2 is 0.941 bits per heavy atom. The van der Waals surface area contributed by atoms with Gasteiger partial charge in [-0.1, -0.05) is 206 Å². The van der Waals surface area contributed by atoms with E-state index < -0.39 is 0 Å². The third-order valence-electron chi connectivity index (χ3n) is 12.8. The molecule has 0 fully saturated rings. The van der Waals surface area contributed by atoms with Gasteiger partial charge in [0.1, 0.15) is 0 Å². The van der Waals surface area contributed by atoms with Crippen molar-refractivity contribution >= 4 is 50.6 Å². The number of fused-ring (bicyclic) bond motifs is 4. The van der Waals surface area contributed by atoms with E-state index in [1.165, 1.54) is 21.8 Å². The zero-order valence-electron chi connectivity index (χ0n) is 37.0. The van der Waals surface area contributed by atoms with Crippen LogP contribution in [0.3, 0.4) is 0 Å². The van der Waals surface area contributed by atoms with Crippen molar-refractivity contribution in [1.29, 1.82) is 5.41 Å². The second-order valence-corrected chi connectivity index (χ2v) is 17.0. The molecule has 2 aromatic heterocycles. The van der Waals surface area contributed by atoms with E-state index in [9.17, 15) is 5.41 Å². The zero-order valence-corrected chi connectivity index (χ0v) is 37.0. The second-order valence-electron chi connectivity index (χ2n) is 17.0. The van der Waals surface area contributed by atoms with Crippen LogP contribution in [0.4, 0.5) is 0 Å². The predicted octanol–water partition coefficient (Wildman–Crippen LogP) is 15.3. The fraction of sp³-hybridized carbons (Fsp3) is 0. The molecule has 11 aromatic rings. The molecule has 0 bridgehead atoms. The zero-order chi connectivity index (χ0) is 45.4. The molecule has 0 unspecified atom stereocenters. The van der Waals surface area contributed by atoms with Gasteiger partial charge < -0.3 is 9.88 Å². The second kappa shape index (κ2) is 17.3. The molecule has 68 heavy (non-hydrogen) atoms. The summed E-state index contributed by atoms with van der Waals surface area (Å²) in [4.78, 5) is 10.5. The summed E-state index contributed by atoms with van der Waals surface area (Å²) in [5, 5.41) is 15.9. The minimum Gasteiger partial charge on any atom is -0.354 e. The van der Waals surface area contributed by atoms with E-state index in [1.54, 1.807) is 0 Å². The Morgan fingerprint density at radius 1 is 0.412 bits per heavy atom. The van der Waals surface area contributed by atoms with Crippen LogP contribution in [0.15, 0.2) is 243 Å². The van der Waals surface area contributed by atoms with E-state index in [-0.39, 0.29) is 0 Å². The number of nitrogens with one attached hydrogen (secondary N) is 2. The van der Waals surface area contributed by atoms with Gasteiger partial charge in [-0.15, -0.1) is 0 Å². The first kappa shape index (κ1) is 40.3. The normalized spacial score (nSPS) is 12.9. The highest BCUT2D eigenvalue weighted by Crippen LogP contribution is 2.39. The van der Waals surface area contributed by atoms with E-state index in [2.05, 4.69) is 198 Å². The van der Waals surface area contributed by atoms with Crippen LogP contribution in [0.25, 0.3) is 95.6 Å². The quantitative estimate of drug-likeness (QED) is 0.142. The van der Waals surface area contributed by atoms with E-state index >= 15 is 0 Å². The molecular formula is C63H43N5. The first-order chi connectivity index (χ1) is 33.6. The molecular weight excluding hydrogens is 827 g/mol. The molecule has 0 saturated carbocycles. The van der Waals surface area contributed by atoms with Crippen LogP contribution in [0, 0.1) is 5.41 Å². The maximum atomic E-state index is 9.63. The first-order valence-corrected chi connectivity index (χ1v) is 22.9. The van der Waals surface area contributed by atoms with E-state index in [0.29, 0.717) is 11.5 Å². The van der Waals surface area contributed by atoms with Crippen LogP contribution in [0.1, 0.15) is 27.8 Å². The van der Waals surface area contributed by atoms with Gasteiger partial charge in [-0.25, -0.2) is 9.97 Å². The van der Waals surface area contributed by atoms with Gasteiger partial charge in [-0.2, -0.15) is 0 Å². The summed E-state index contributed by atoms with van der Waals surface area (Å²) in [5.41, 5.74) is 18.4. The predicted molar refractivity (Wildman–Crippen MR) is 282 cm³/mol. The highest BCUT2D eigenvalue weighted by Gasteiger charge is 2.24. The van der Waals surface area contributed by atoms with Crippen molar-refractivity contribution < 1.29 is 0 Å². The highest BCUT2D eigenvalue weighted by molar-refractivity contribution is 6.36. The Labute approximate surface area is 395 Å². The third-order valence-corrected chi connectivity index (χ3v) is 12.8. The molecule has 320 valence electrons. The fourth-order valence-corrected chi connectivity index (χ4v) is 9.52.